The highest BCUT2D eigenvalue weighted by molar-refractivity contribution is 8.17. The molecule has 0 aromatic heterocycles. The molecule has 0 saturated heterocycles. The first-order valence-electron chi connectivity index (χ1n) is 10.3. The first-order valence-corrected chi connectivity index (χ1v) is 11.1. The number of carbonyl (C=O) groups is 1. The van der Waals surface area contributed by atoms with Crippen molar-refractivity contribution in [1.82, 2.24) is 0 Å². The minimum absolute atomic E-state index is 0.0569. The lowest BCUT2D eigenvalue weighted by atomic mass is 9.96. The number of thioether (sulfide) groups is 1. The van der Waals surface area contributed by atoms with E-state index in [0.717, 1.165) is 34.6 Å². The summed E-state index contributed by atoms with van der Waals surface area (Å²) in [5, 5.41) is 14.4. The van der Waals surface area contributed by atoms with Crippen molar-refractivity contribution >= 4 is 39.7 Å². The van der Waals surface area contributed by atoms with Gasteiger partial charge in [0, 0.05) is 18.1 Å². The summed E-state index contributed by atoms with van der Waals surface area (Å²) in [6, 6.07) is 28.4. The number of carbonyl (C=O) groups excluding carboxylic acids is 1. The lowest BCUT2D eigenvalue weighted by molar-refractivity contribution is -0.110. The number of ketones is 1. The molecule has 0 N–H and O–H groups in total. The van der Waals surface area contributed by atoms with Crippen molar-refractivity contribution < 1.29 is 4.79 Å². The third kappa shape index (κ3) is 3.06. The number of hydrogen-bond acceptors (Lipinski definition) is 6. The molecule has 0 aliphatic carbocycles. The van der Waals surface area contributed by atoms with Crippen molar-refractivity contribution in [1.29, 1.82) is 0 Å². The molecule has 1 spiro atoms. The average Bonchev–Trinajstić information content (AvgIpc) is 3.22. The molecule has 6 heteroatoms. The zero-order valence-corrected chi connectivity index (χ0v) is 18.2. The van der Waals surface area contributed by atoms with E-state index in [0.29, 0.717) is 5.04 Å². The van der Waals surface area contributed by atoms with Crippen LogP contribution in [0.1, 0.15) is 31.4 Å². The Balaban J connectivity index is 1.82. The first-order chi connectivity index (χ1) is 15.1. The molecule has 1 atom stereocenters. The Morgan fingerprint density at radius 2 is 1.39 bits per heavy atom. The van der Waals surface area contributed by atoms with E-state index in [9.17, 15) is 4.79 Å². The van der Waals surface area contributed by atoms with Gasteiger partial charge in [-0.2, -0.15) is 10.2 Å². The smallest absolute Gasteiger partial charge is 0.234 e. The number of para-hydroxylation sites is 2. The molecule has 154 valence electrons. The Morgan fingerprint density at radius 1 is 0.839 bits per heavy atom. The van der Waals surface area contributed by atoms with Gasteiger partial charge in [-0.1, -0.05) is 67.6 Å². The lowest BCUT2D eigenvalue weighted by Gasteiger charge is -2.47. The Labute approximate surface area is 186 Å². The van der Waals surface area contributed by atoms with E-state index in [4.69, 9.17) is 10.2 Å². The largest absolute Gasteiger partial charge is 0.292 e. The summed E-state index contributed by atoms with van der Waals surface area (Å²) in [6.07, 6.45) is 0.798. The van der Waals surface area contributed by atoms with Crippen molar-refractivity contribution in [2.24, 2.45) is 10.2 Å². The Bertz CT molecular complexity index is 1190. The molecule has 1 unspecified atom stereocenters. The maximum Gasteiger partial charge on any atom is 0.234 e. The summed E-state index contributed by atoms with van der Waals surface area (Å²) in [7, 11) is 0. The van der Waals surface area contributed by atoms with E-state index in [-0.39, 0.29) is 5.78 Å². The van der Waals surface area contributed by atoms with Crippen LogP contribution in [0.25, 0.3) is 0 Å². The van der Waals surface area contributed by atoms with E-state index in [1.807, 2.05) is 82.8 Å². The number of hydrazone groups is 2. The lowest BCUT2D eigenvalue weighted by Crippen LogP contribution is -2.53. The summed E-state index contributed by atoms with van der Waals surface area (Å²) in [5.41, 5.74) is 5.01. The number of hydrogen-bond donors (Lipinski definition) is 0. The van der Waals surface area contributed by atoms with Crippen LogP contribution in [0.3, 0.4) is 0 Å². The standard InChI is InChI=1S/C25H22N4OS/c1-3-23-21-16-10-11-17-22(21)25(28(26-23)19-12-6-4-7-13-19)29(20-14-8-5-9-15-20)27-24(31-25)18(2)30/h4-17H,3H2,1-2H3. The molecular weight excluding hydrogens is 404 g/mol. The van der Waals surface area contributed by atoms with E-state index in [1.165, 1.54) is 11.8 Å². The molecule has 0 bridgehead atoms. The maximum atomic E-state index is 12.5. The van der Waals surface area contributed by atoms with Crippen molar-refractivity contribution in [2.45, 2.75) is 25.3 Å². The summed E-state index contributed by atoms with van der Waals surface area (Å²) in [5.74, 6) is -0.0569. The second-order valence-electron chi connectivity index (χ2n) is 7.41. The molecule has 5 rings (SSSR count). The number of Topliss-reactive ketones (excluding diaryl/α,β-unsaturated/α-hetero) is 1. The molecule has 5 nitrogen and oxygen atoms in total. The van der Waals surface area contributed by atoms with Gasteiger partial charge in [0.2, 0.25) is 4.99 Å². The molecular formula is C25H22N4OS. The fourth-order valence-electron chi connectivity index (χ4n) is 4.04. The van der Waals surface area contributed by atoms with Gasteiger partial charge in [-0.3, -0.25) is 4.79 Å². The van der Waals surface area contributed by atoms with E-state index >= 15 is 0 Å². The van der Waals surface area contributed by atoms with Crippen molar-refractivity contribution in [3.8, 4) is 0 Å². The van der Waals surface area contributed by atoms with Crippen LogP contribution in [0, 0.1) is 0 Å². The van der Waals surface area contributed by atoms with Gasteiger partial charge in [-0.15, -0.1) is 0 Å². The number of benzene rings is 3. The zero-order chi connectivity index (χ0) is 21.4. The number of anilines is 2. The summed E-state index contributed by atoms with van der Waals surface area (Å²) < 4.78 is 0. The predicted octanol–water partition coefficient (Wildman–Crippen LogP) is 5.59. The maximum absolute atomic E-state index is 12.5. The monoisotopic (exact) mass is 426 g/mol. The number of nitrogens with zero attached hydrogens (tertiary/aromatic N) is 4. The van der Waals surface area contributed by atoms with Gasteiger partial charge in [0.1, 0.15) is 0 Å². The predicted molar refractivity (Wildman–Crippen MR) is 128 cm³/mol. The van der Waals surface area contributed by atoms with Gasteiger partial charge in [-0.05, 0) is 42.4 Å². The number of rotatable bonds is 4. The summed E-state index contributed by atoms with van der Waals surface area (Å²) in [6.45, 7) is 3.68. The van der Waals surface area contributed by atoms with Gasteiger partial charge in [0.25, 0.3) is 0 Å². The minimum Gasteiger partial charge on any atom is -0.292 e. The van der Waals surface area contributed by atoms with Crippen LogP contribution in [0.2, 0.25) is 0 Å². The molecule has 0 saturated carbocycles. The number of fused-ring (bicyclic) bond motifs is 2. The fourth-order valence-corrected chi connectivity index (χ4v) is 5.33. The van der Waals surface area contributed by atoms with E-state index in [2.05, 4.69) is 19.1 Å². The van der Waals surface area contributed by atoms with Gasteiger partial charge in [-0.25, -0.2) is 10.0 Å². The molecule has 3 aromatic rings. The van der Waals surface area contributed by atoms with Gasteiger partial charge >= 0.3 is 0 Å². The highest BCUT2D eigenvalue weighted by Crippen LogP contribution is 2.54. The summed E-state index contributed by atoms with van der Waals surface area (Å²) >= 11 is 1.45. The highest BCUT2D eigenvalue weighted by atomic mass is 32.2. The zero-order valence-electron chi connectivity index (χ0n) is 17.4. The topological polar surface area (TPSA) is 48.3 Å². The second-order valence-corrected chi connectivity index (χ2v) is 8.57. The van der Waals surface area contributed by atoms with Gasteiger partial charge < -0.3 is 0 Å². The molecule has 0 radical (unpaired) electrons. The molecule has 0 amide bonds. The van der Waals surface area contributed by atoms with Gasteiger partial charge in [0.15, 0.2) is 10.8 Å². The third-order valence-corrected chi connectivity index (χ3v) is 6.86. The molecule has 2 aliphatic heterocycles. The van der Waals surface area contributed by atoms with Crippen molar-refractivity contribution in [2.75, 3.05) is 10.0 Å². The molecule has 31 heavy (non-hydrogen) atoms. The Morgan fingerprint density at radius 3 is 1.97 bits per heavy atom. The van der Waals surface area contributed by atoms with Crippen LogP contribution < -0.4 is 10.0 Å². The van der Waals surface area contributed by atoms with Crippen LogP contribution in [-0.2, 0) is 9.79 Å². The van der Waals surface area contributed by atoms with Crippen LogP contribution in [-0.4, -0.2) is 16.5 Å². The van der Waals surface area contributed by atoms with Gasteiger partial charge in [0.05, 0.1) is 17.1 Å². The van der Waals surface area contributed by atoms with E-state index in [1.54, 1.807) is 6.92 Å². The van der Waals surface area contributed by atoms with Crippen molar-refractivity contribution in [3.63, 3.8) is 0 Å². The summed E-state index contributed by atoms with van der Waals surface area (Å²) in [4.78, 5) is 11.6. The molecule has 0 fully saturated rings. The SMILES string of the molecule is CCC1=NN(c2ccccc2)C2(SC(C(C)=O)=NN2c2ccccc2)c2ccccc21. The van der Waals surface area contributed by atoms with Crippen LogP contribution in [0.15, 0.2) is 95.1 Å². The van der Waals surface area contributed by atoms with E-state index < -0.39 is 4.99 Å². The highest BCUT2D eigenvalue weighted by Gasteiger charge is 2.55. The van der Waals surface area contributed by atoms with Crippen LogP contribution in [0.5, 0.6) is 0 Å². The average molecular weight is 427 g/mol. The Hall–Kier alpha value is -3.38. The molecule has 3 aromatic carbocycles. The fraction of sp³-hybridized carbons (Fsp3) is 0.160. The van der Waals surface area contributed by atoms with Crippen molar-refractivity contribution in [3.05, 3.63) is 96.1 Å². The molecule has 2 heterocycles. The Kier molecular flexibility index (Phi) is 4.87. The first kappa shape index (κ1) is 19.6. The van der Waals surface area contributed by atoms with Crippen LogP contribution in [0.4, 0.5) is 11.4 Å². The van der Waals surface area contributed by atoms with Crippen LogP contribution >= 0.6 is 11.8 Å². The molecule has 2 aliphatic rings. The second kappa shape index (κ2) is 7.71. The third-order valence-electron chi connectivity index (χ3n) is 5.45. The normalized spacial score (nSPS) is 19.8. The minimum atomic E-state index is -0.848. The quantitative estimate of drug-likeness (QED) is 0.546.